The summed E-state index contributed by atoms with van der Waals surface area (Å²) in [6.45, 7) is 3.80. The van der Waals surface area contributed by atoms with Gasteiger partial charge in [0.25, 0.3) is 0 Å². The molecule has 0 bridgehead atoms. The van der Waals surface area contributed by atoms with Crippen molar-refractivity contribution in [1.29, 1.82) is 0 Å². The standard InChI is InChI=1S/C11H16ClNO/c1-2-3-7-13-8-9-5-4-6-10(12)11(9)14/h4-6,13-14H,2-3,7-8H2,1H3. The lowest BCUT2D eigenvalue weighted by molar-refractivity contribution is 0.464. The number of aromatic hydroxyl groups is 1. The maximum Gasteiger partial charge on any atom is 0.138 e. The van der Waals surface area contributed by atoms with Crippen molar-refractivity contribution in [3.05, 3.63) is 28.8 Å². The van der Waals surface area contributed by atoms with Crippen LogP contribution in [-0.4, -0.2) is 11.7 Å². The monoisotopic (exact) mass is 213 g/mol. The van der Waals surface area contributed by atoms with Gasteiger partial charge in [0.15, 0.2) is 0 Å². The molecule has 14 heavy (non-hydrogen) atoms. The highest BCUT2D eigenvalue weighted by Gasteiger charge is 2.03. The Morgan fingerprint density at radius 2 is 2.21 bits per heavy atom. The highest BCUT2D eigenvalue weighted by Crippen LogP contribution is 2.26. The molecule has 2 N–H and O–H groups in total. The van der Waals surface area contributed by atoms with E-state index in [0.717, 1.165) is 18.5 Å². The fourth-order valence-corrected chi connectivity index (χ4v) is 1.42. The van der Waals surface area contributed by atoms with Gasteiger partial charge in [0.05, 0.1) is 5.02 Å². The van der Waals surface area contributed by atoms with Crippen LogP contribution in [-0.2, 0) is 6.54 Å². The van der Waals surface area contributed by atoms with Crippen molar-refractivity contribution in [2.45, 2.75) is 26.3 Å². The van der Waals surface area contributed by atoms with Crippen LogP contribution in [0.5, 0.6) is 5.75 Å². The van der Waals surface area contributed by atoms with Crippen LogP contribution in [0.15, 0.2) is 18.2 Å². The first-order valence-corrected chi connectivity index (χ1v) is 5.30. The normalized spacial score (nSPS) is 10.4. The molecule has 0 aromatic heterocycles. The SMILES string of the molecule is CCCCNCc1cccc(Cl)c1O. The predicted molar refractivity (Wildman–Crippen MR) is 59.7 cm³/mol. The molecular formula is C11H16ClNO. The van der Waals surface area contributed by atoms with E-state index in [1.165, 1.54) is 6.42 Å². The minimum absolute atomic E-state index is 0.193. The molecule has 0 fully saturated rings. The van der Waals surface area contributed by atoms with Crippen molar-refractivity contribution in [2.24, 2.45) is 0 Å². The molecule has 3 heteroatoms. The molecule has 0 saturated carbocycles. The van der Waals surface area contributed by atoms with Gasteiger partial charge in [0, 0.05) is 12.1 Å². The molecule has 1 aromatic rings. The highest BCUT2D eigenvalue weighted by molar-refractivity contribution is 6.32. The maximum absolute atomic E-state index is 9.58. The van der Waals surface area contributed by atoms with E-state index in [1.54, 1.807) is 6.07 Å². The summed E-state index contributed by atoms with van der Waals surface area (Å²) in [7, 11) is 0. The van der Waals surface area contributed by atoms with Gasteiger partial charge >= 0.3 is 0 Å². The van der Waals surface area contributed by atoms with Crippen molar-refractivity contribution in [3.8, 4) is 5.75 Å². The molecular weight excluding hydrogens is 198 g/mol. The Morgan fingerprint density at radius 1 is 1.43 bits per heavy atom. The number of rotatable bonds is 5. The van der Waals surface area contributed by atoms with Gasteiger partial charge in [-0.15, -0.1) is 0 Å². The maximum atomic E-state index is 9.58. The quantitative estimate of drug-likeness (QED) is 0.738. The molecule has 0 aliphatic rings. The summed E-state index contributed by atoms with van der Waals surface area (Å²) in [5.41, 5.74) is 0.855. The second-order valence-electron chi connectivity index (χ2n) is 3.28. The van der Waals surface area contributed by atoms with Gasteiger partial charge in [-0.25, -0.2) is 0 Å². The molecule has 1 aromatic carbocycles. The molecule has 0 amide bonds. The summed E-state index contributed by atoms with van der Waals surface area (Å²) in [6.07, 6.45) is 2.33. The predicted octanol–water partition coefficient (Wildman–Crippen LogP) is 2.94. The van der Waals surface area contributed by atoms with Gasteiger partial charge in [-0.1, -0.05) is 37.1 Å². The Labute approximate surface area is 89.9 Å². The van der Waals surface area contributed by atoms with Gasteiger partial charge in [-0.05, 0) is 19.0 Å². The second-order valence-corrected chi connectivity index (χ2v) is 3.69. The van der Waals surface area contributed by atoms with Gasteiger partial charge in [0.2, 0.25) is 0 Å². The molecule has 0 heterocycles. The van der Waals surface area contributed by atoms with E-state index in [4.69, 9.17) is 11.6 Å². The Kier molecular flexibility index (Phi) is 4.77. The van der Waals surface area contributed by atoms with Crippen LogP contribution in [0, 0.1) is 0 Å². The van der Waals surface area contributed by atoms with Gasteiger partial charge in [0.1, 0.15) is 5.75 Å². The Bertz CT molecular complexity index is 289. The van der Waals surface area contributed by atoms with Crippen LogP contribution in [0.25, 0.3) is 0 Å². The molecule has 0 aliphatic heterocycles. The van der Waals surface area contributed by atoms with E-state index < -0.39 is 0 Å². The van der Waals surface area contributed by atoms with Crippen molar-refractivity contribution in [1.82, 2.24) is 5.32 Å². The average Bonchev–Trinajstić information content (AvgIpc) is 2.19. The summed E-state index contributed by atoms with van der Waals surface area (Å²) >= 11 is 5.78. The Hall–Kier alpha value is -0.730. The number of unbranched alkanes of at least 4 members (excludes halogenated alkanes) is 1. The number of halogens is 1. The first-order valence-electron chi connectivity index (χ1n) is 4.92. The summed E-state index contributed by atoms with van der Waals surface area (Å²) < 4.78 is 0. The summed E-state index contributed by atoms with van der Waals surface area (Å²) in [4.78, 5) is 0. The number of hydrogen-bond donors (Lipinski definition) is 2. The van der Waals surface area contributed by atoms with E-state index in [9.17, 15) is 5.11 Å². The largest absolute Gasteiger partial charge is 0.506 e. The zero-order valence-electron chi connectivity index (χ0n) is 8.39. The highest BCUT2D eigenvalue weighted by atomic mass is 35.5. The lowest BCUT2D eigenvalue weighted by atomic mass is 10.2. The second kappa shape index (κ2) is 5.89. The first kappa shape index (κ1) is 11.3. The van der Waals surface area contributed by atoms with Crippen LogP contribution in [0.4, 0.5) is 0 Å². The third kappa shape index (κ3) is 3.20. The number of hydrogen-bond acceptors (Lipinski definition) is 2. The smallest absolute Gasteiger partial charge is 0.138 e. The zero-order chi connectivity index (χ0) is 10.4. The third-order valence-corrected chi connectivity index (χ3v) is 2.40. The van der Waals surface area contributed by atoms with Crippen LogP contribution in [0.3, 0.4) is 0 Å². The Balaban J connectivity index is 2.46. The molecule has 0 saturated heterocycles. The minimum Gasteiger partial charge on any atom is -0.506 e. The van der Waals surface area contributed by atoms with E-state index >= 15 is 0 Å². The van der Waals surface area contributed by atoms with Gasteiger partial charge in [-0.3, -0.25) is 0 Å². The minimum atomic E-state index is 0.193. The van der Waals surface area contributed by atoms with Gasteiger partial charge < -0.3 is 10.4 Å². The third-order valence-electron chi connectivity index (χ3n) is 2.09. The fraction of sp³-hybridized carbons (Fsp3) is 0.455. The Morgan fingerprint density at radius 3 is 2.93 bits per heavy atom. The topological polar surface area (TPSA) is 32.3 Å². The number of benzene rings is 1. The average molecular weight is 214 g/mol. The number of nitrogens with one attached hydrogen (secondary N) is 1. The zero-order valence-corrected chi connectivity index (χ0v) is 9.14. The lowest BCUT2D eigenvalue weighted by Crippen LogP contribution is -2.14. The number of para-hydroxylation sites is 1. The molecule has 0 aliphatic carbocycles. The molecule has 0 unspecified atom stereocenters. The van der Waals surface area contributed by atoms with Crippen LogP contribution in [0.1, 0.15) is 25.3 Å². The van der Waals surface area contributed by atoms with Gasteiger partial charge in [-0.2, -0.15) is 0 Å². The van der Waals surface area contributed by atoms with E-state index in [-0.39, 0.29) is 5.75 Å². The summed E-state index contributed by atoms with van der Waals surface area (Å²) in [5.74, 6) is 0.193. The van der Waals surface area contributed by atoms with Crippen molar-refractivity contribution < 1.29 is 5.11 Å². The van der Waals surface area contributed by atoms with E-state index in [2.05, 4.69) is 12.2 Å². The summed E-state index contributed by atoms with van der Waals surface area (Å²) in [5, 5.41) is 13.3. The number of phenols is 1. The van der Waals surface area contributed by atoms with Crippen molar-refractivity contribution >= 4 is 11.6 Å². The van der Waals surface area contributed by atoms with E-state index in [1.807, 2.05) is 12.1 Å². The molecule has 0 spiro atoms. The van der Waals surface area contributed by atoms with Crippen LogP contribution >= 0.6 is 11.6 Å². The molecule has 2 nitrogen and oxygen atoms in total. The molecule has 0 radical (unpaired) electrons. The van der Waals surface area contributed by atoms with Crippen molar-refractivity contribution in [3.63, 3.8) is 0 Å². The summed E-state index contributed by atoms with van der Waals surface area (Å²) in [6, 6.07) is 5.41. The van der Waals surface area contributed by atoms with E-state index in [0.29, 0.717) is 11.6 Å². The number of phenolic OH excluding ortho intramolecular Hbond substituents is 1. The molecule has 78 valence electrons. The molecule has 0 atom stereocenters. The lowest BCUT2D eigenvalue weighted by Gasteiger charge is -2.06. The van der Waals surface area contributed by atoms with Crippen LogP contribution in [0.2, 0.25) is 5.02 Å². The van der Waals surface area contributed by atoms with Crippen molar-refractivity contribution in [2.75, 3.05) is 6.54 Å². The fourth-order valence-electron chi connectivity index (χ4n) is 1.23. The van der Waals surface area contributed by atoms with Crippen LogP contribution < -0.4 is 5.32 Å². The molecule has 1 rings (SSSR count). The first-order chi connectivity index (χ1) is 6.75.